The van der Waals surface area contributed by atoms with Gasteiger partial charge in [0.05, 0.1) is 5.75 Å². The van der Waals surface area contributed by atoms with Gasteiger partial charge >= 0.3 is 5.97 Å². The van der Waals surface area contributed by atoms with Crippen molar-refractivity contribution in [2.45, 2.75) is 18.4 Å². The van der Waals surface area contributed by atoms with Crippen LogP contribution in [0.1, 0.15) is 12.8 Å². The highest BCUT2D eigenvalue weighted by molar-refractivity contribution is 7.99. The van der Waals surface area contributed by atoms with Crippen LogP contribution in [0.25, 0.3) is 0 Å². The average Bonchev–Trinajstić information content (AvgIpc) is 2.19. The lowest BCUT2D eigenvalue weighted by Crippen LogP contribution is -2.57. The van der Waals surface area contributed by atoms with Crippen molar-refractivity contribution in [1.82, 2.24) is 5.32 Å². The van der Waals surface area contributed by atoms with Gasteiger partial charge in [-0.25, -0.2) is 4.79 Å². The second-order valence-corrected chi connectivity index (χ2v) is 4.35. The second kappa shape index (κ2) is 5.37. The summed E-state index contributed by atoms with van der Waals surface area (Å²) in [5.41, 5.74) is -1.12. The molecule has 0 bridgehead atoms. The molecule has 1 saturated heterocycles. The lowest BCUT2D eigenvalue weighted by molar-refractivity contribution is -0.151. The average molecular weight is 233 g/mol. The number of nitrogens with one attached hydrogen (secondary N) is 1. The van der Waals surface area contributed by atoms with E-state index in [2.05, 4.69) is 5.32 Å². The molecule has 1 aliphatic heterocycles. The molecule has 1 fully saturated rings. The van der Waals surface area contributed by atoms with Crippen LogP contribution in [0.5, 0.6) is 0 Å². The molecule has 1 amide bonds. The first-order chi connectivity index (χ1) is 7.10. The molecule has 0 aliphatic carbocycles. The molecule has 0 unspecified atom stereocenters. The van der Waals surface area contributed by atoms with Crippen LogP contribution in [0.15, 0.2) is 0 Å². The Balaban J connectivity index is 2.64. The minimum atomic E-state index is -1.12. The van der Waals surface area contributed by atoms with Gasteiger partial charge in [0.15, 0.2) is 0 Å². The maximum absolute atomic E-state index is 11.4. The second-order valence-electron chi connectivity index (χ2n) is 3.48. The monoisotopic (exact) mass is 233 g/mol. The van der Waals surface area contributed by atoms with E-state index in [0.29, 0.717) is 26.1 Å². The Morgan fingerprint density at radius 3 is 2.53 bits per heavy atom. The molecule has 0 aromatic carbocycles. The number of hydrogen-bond acceptors (Lipinski definition) is 4. The van der Waals surface area contributed by atoms with Gasteiger partial charge in [0.1, 0.15) is 5.54 Å². The van der Waals surface area contributed by atoms with Gasteiger partial charge < -0.3 is 15.2 Å². The van der Waals surface area contributed by atoms with Gasteiger partial charge in [-0.05, 0) is 6.26 Å². The van der Waals surface area contributed by atoms with Crippen LogP contribution in [0.2, 0.25) is 0 Å². The Morgan fingerprint density at radius 1 is 1.47 bits per heavy atom. The number of carbonyl (C=O) groups is 2. The maximum Gasteiger partial charge on any atom is 0.329 e. The van der Waals surface area contributed by atoms with Gasteiger partial charge in [-0.2, -0.15) is 11.8 Å². The van der Waals surface area contributed by atoms with Gasteiger partial charge in [0, 0.05) is 26.1 Å². The molecule has 5 nitrogen and oxygen atoms in total. The fourth-order valence-electron chi connectivity index (χ4n) is 1.55. The van der Waals surface area contributed by atoms with E-state index in [4.69, 9.17) is 9.84 Å². The fraction of sp³-hybridized carbons (Fsp3) is 0.778. The zero-order chi connectivity index (χ0) is 11.3. The smallest absolute Gasteiger partial charge is 0.329 e. The first-order valence-corrected chi connectivity index (χ1v) is 6.11. The summed E-state index contributed by atoms with van der Waals surface area (Å²) in [4.78, 5) is 22.5. The molecular formula is C9H15NO4S. The van der Waals surface area contributed by atoms with Crippen molar-refractivity contribution in [3.8, 4) is 0 Å². The molecule has 0 atom stereocenters. The predicted octanol–water partition coefficient (Wildman–Crippen LogP) is 0.0994. The zero-order valence-electron chi connectivity index (χ0n) is 8.62. The summed E-state index contributed by atoms with van der Waals surface area (Å²) in [5, 5.41) is 11.7. The highest BCUT2D eigenvalue weighted by Gasteiger charge is 2.41. The van der Waals surface area contributed by atoms with Crippen LogP contribution in [0, 0.1) is 0 Å². The molecule has 0 spiro atoms. The number of thioether (sulfide) groups is 1. The third-order valence-corrected chi connectivity index (χ3v) is 2.96. The Bertz CT molecular complexity index is 250. The molecule has 15 heavy (non-hydrogen) atoms. The van der Waals surface area contributed by atoms with E-state index in [1.807, 2.05) is 0 Å². The summed E-state index contributed by atoms with van der Waals surface area (Å²) in [6, 6.07) is 0. The molecule has 0 aromatic rings. The maximum atomic E-state index is 11.4. The van der Waals surface area contributed by atoms with Crippen molar-refractivity contribution in [2.75, 3.05) is 25.2 Å². The number of hydrogen-bond donors (Lipinski definition) is 2. The van der Waals surface area contributed by atoms with Gasteiger partial charge in [-0.15, -0.1) is 0 Å². The Morgan fingerprint density at radius 2 is 2.07 bits per heavy atom. The SMILES string of the molecule is CSCC(=O)NC1(C(=O)O)CCOCC1. The first kappa shape index (κ1) is 12.3. The number of amides is 1. The predicted molar refractivity (Wildman–Crippen MR) is 56.9 cm³/mol. The fourth-order valence-corrected chi connectivity index (χ4v) is 1.88. The van der Waals surface area contributed by atoms with Crippen LogP contribution < -0.4 is 5.32 Å². The highest BCUT2D eigenvalue weighted by atomic mass is 32.2. The van der Waals surface area contributed by atoms with Crippen LogP contribution in [-0.4, -0.2) is 47.7 Å². The third-order valence-electron chi connectivity index (χ3n) is 2.41. The Labute approximate surface area is 92.6 Å². The Hall–Kier alpha value is -0.750. The normalized spacial score (nSPS) is 19.5. The van der Waals surface area contributed by atoms with Gasteiger partial charge in [-0.3, -0.25) is 4.79 Å². The van der Waals surface area contributed by atoms with E-state index in [1.165, 1.54) is 11.8 Å². The first-order valence-electron chi connectivity index (χ1n) is 4.72. The minimum absolute atomic E-state index is 0.230. The minimum Gasteiger partial charge on any atom is -0.480 e. The van der Waals surface area contributed by atoms with E-state index in [0.717, 1.165) is 0 Å². The summed E-state index contributed by atoms with van der Waals surface area (Å²) in [5.74, 6) is -0.914. The largest absolute Gasteiger partial charge is 0.480 e. The van der Waals surface area contributed by atoms with Crippen LogP contribution in [0.4, 0.5) is 0 Å². The number of carboxylic acid groups (broad SMARTS) is 1. The van der Waals surface area contributed by atoms with E-state index >= 15 is 0 Å². The van der Waals surface area contributed by atoms with Crippen LogP contribution >= 0.6 is 11.8 Å². The van der Waals surface area contributed by atoms with Gasteiger partial charge in [-0.1, -0.05) is 0 Å². The summed E-state index contributed by atoms with van der Waals surface area (Å²) < 4.78 is 5.10. The van der Waals surface area contributed by atoms with Gasteiger partial charge in [0.25, 0.3) is 0 Å². The van der Waals surface area contributed by atoms with E-state index in [-0.39, 0.29) is 11.7 Å². The van der Waals surface area contributed by atoms with Gasteiger partial charge in [0.2, 0.25) is 5.91 Å². The van der Waals surface area contributed by atoms with Crippen LogP contribution in [0.3, 0.4) is 0 Å². The van der Waals surface area contributed by atoms with E-state index in [1.54, 1.807) is 6.26 Å². The standard InChI is InChI=1S/C9H15NO4S/c1-15-6-7(11)10-9(8(12)13)2-4-14-5-3-9/h2-6H2,1H3,(H,10,11)(H,12,13). The molecule has 1 aliphatic rings. The number of carboxylic acids is 1. The van der Waals surface area contributed by atoms with Crippen molar-refractivity contribution in [2.24, 2.45) is 0 Å². The molecule has 0 aromatic heterocycles. The number of rotatable bonds is 4. The number of aliphatic carboxylic acids is 1. The lowest BCUT2D eigenvalue weighted by atomic mass is 9.90. The van der Waals surface area contributed by atoms with E-state index in [9.17, 15) is 9.59 Å². The van der Waals surface area contributed by atoms with Crippen LogP contribution in [-0.2, 0) is 14.3 Å². The summed E-state index contributed by atoms with van der Waals surface area (Å²) in [7, 11) is 0. The third kappa shape index (κ3) is 3.10. The highest BCUT2D eigenvalue weighted by Crippen LogP contribution is 2.21. The summed E-state index contributed by atoms with van der Waals surface area (Å²) >= 11 is 1.37. The molecule has 1 heterocycles. The molecule has 0 saturated carbocycles. The van der Waals surface area contributed by atoms with Crippen molar-refractivity contribution < 1.29 is 19.4 Å². The van der Waals surface area contributed by atoms with Crippen molar-refractivity contribution >= 4 is 23.6 Å². The zero-order valence-corrected chi connectivity index (χ0v) is 9.43. The summed E-state index contributed by atoms with van der Waals surface area (Å²) in [6.07, 6.45) is 2.47. The molecule has 1 rings (SSSR count). The summed E-state index contributed by atoms with van der Waals surface area (Å²) in [6.45, 7) is 0.762. The molecular weight excluding hydrogens is 218 g/mol. The topological polar surface area (TPSA) is 75.6 Å². The van der Waals surface area contributed by atoms with Crippen molar-refractivity contribution in [1.29, 1.82) is 0 Å². The van der Waals surface area contributed by atoms with Crippen molar-refractivity contribution in [3.05, 3.63) is 0 Å². The Kier molecular flexibility index (Phi) is 4.41. The molecule has 0 radical (unpaired) electrons. The van der Waals surface area contributed by atoms with Crippen molar-refractivity contribution in [3.63, 3.8) is 0 Å². The quantitative estimate of drug-likeness (QED) is 0.720. The van der Waals surface area contributed by atoms with E-state index < -0.39 is 11.5 Å². The molecule has 86 valence electrons. The molecule has 2 N–H and O–H groups in total. The number of carbonyl (C=O) groups excluding carboxylic acids is 1. The lowest BCUT2D eigenvalue weighted by Gasteiger charge is -2.33. The molecule has 6 heteroatoms. The number of ether oxygens (including phenoxy) is 1.